The van der Waals surface area contributed by atoms with Crippen molar-refractivity contribution < 1.29 is 37.6 Å². The highest BCUT2D eigenvalue weighted by atomic mass is 31.2. The molecule has 0 saturated carbocycles. The zero-order valence-electron chi connectivity index (χ0n) is 32.7. The van der Waals surface area contributed by atoms with Crippen molar-refractivity contribution in [3.05, 3.63) is 97.2 Å². The fourth-order valence-corrected chi connectivity index (χ4v) is 5.39. The van der Waals surface area contributed by atoms with E-state index >= 15 is 0 Å². The molecule has 0 amide bonds. The van der Waals surface area contributed by atoms with Gasteiger partial charge in [0, 0.05) is 19.4 Å². The number of carbonyl (C=O) groups is 2. The van der Waals surface area contributed by atoms with Crippen LogP contribution in [0.15, 0.2) is 97.2 Å². The lowest BCUT2D eigenvalue weighted by molar-refractivity contribution is -0.161. The van der Waals surface area contributed by atoms with E-state index in [2.05, 4.69) is 105 Å². The van der Waals surface area contributed by atoms with E-state index in [1.54, 1.807) is 0 Å². The lowest BCUT2D eigenvalue weighted by Gasteiger charge is -2.19. The summed E-state index contributed by atoms with van der Waals surface area (Å²) in [6.45, 7) is 3.38. The predicted octanol–water partition coefficient (Wildman–Crippen LogP) is 11.0. The van der Waals surface area contributed by atoms with Gasteiger partial charge in [-0.3, -0.25) is 18.6 Å². The zero-order valence-corrected chi connectivity index (χ0v) is 33.6. The van der Waals surface area contributed by atoms with Crippen molar-refractivity contribution in [1.82, 2.24) is 0 Å². The second-order valence-corrected chi connectivity index (χ2v) is 13.8. The molecular weight excluding hydrogens is 689 g/mol. The average molecular weight is 760 g/mol. The fourth-order valence-electron chi connectivity index (χ4n) is 4.62. The van der Waals surface area contributed by atoms with Gasteiger partial charge in [-0.25, -0.2) is 4.57 Å². The second-order valence-electron chi connectivity index (χ2n) is 12.4. The van der Waals surface area contributed by atoms with E-state index in [9.17, 15) is 19.0 Å². The summed E-state index contributed by atoms with van der Waals surface area (Å²) in [5, 5.41) is 0. The Hall–Kier alpha value is -3.07. The van der Waals surface area contributed by atoms with Gasteiger partial charge in [-0.05, 0) is 83.5 Å². The minimum absolute atomic E-state index is 0.0360. The molecule has 0 aromatic heterocycles. The highest BCUT2D eigenvalue weighted by molar-refractivity contribution is 7.47. The molecule has 0 aliphatic carbocycles. The van der Waals surface area contributed by atoms with E-state index in [4.69, 9.17) is 24.3 Å². The van der Waals surface area contributed by atoms with Gasteiger partial charge < -0.3 is 20.1 Å². The van der Waals surface area contributed by atoms with Gasteiger partial charge >= 0.3 is 19.8 Å². The van der Waals surface area contributed by atoms with E-state index in [1.165, 1.54) is 0 Å². The Kier molecular flexibility index (Phi) is 36.4. The third kappa shape index (κ3) is 38.5. The second kappa shape index (κ2) is 38.6. The molecule has 0 rings (SSSR count). The number of phosphoric acid groups is 1. The van der Waals surface area contributed by atoms with Crippen LogP contribution in [0.3, 0.4) is 0 Å². The Morgan fingerprint density at radius 3 is 1.51 bits per heavy atom. The van der Waals surface area contributed by atoms with Crippen LogP contribution in [-0.2, 0) is 32.7 Å². The van der Waals surface area contributed by atoms with Crippen LogP contribution < -0.4 is 5.73 Å². The first-order valence-corrected chi connectivity index (χ1v) is 21.2. The van der Waals surface area contributed by atoms with Crippen molar-refractivity contribution in [3.63, 3.8) is 0 Å². The molecule has 0 saturated heterocycles. The molecule has 9 nitrogen and oxygen atoms in total. The summed E-state index contributed by atoms with van der Waals surface area (Å²) in [7, 11) is -4.40. The molecule has 3 N–H and O–H groups in total. The van der Waals surface area contributed by atoms with Crippen molar-refractivity contribution in [2.24, 2.45) is 5.73 Å². The van der Waals surface area contributed by atoms with Crippen molar-refractivity contribution in [1.29, 1.82) is 0 Å². The normalized spacial score (nSPS) is 14.4. The van der Waals surface area contributed by atoms with Crippen molar-refractivity contribution in [2.45, 2.75) is 136 Å². The number of nitrogens with two attached hydrogens (primary N) is 1. The van der Waals surface area contributed by atoms with Gasteiger partial charge in [-0.1, -0.05) is 130 Å². The topological polar surface area (TPSA) is 134 Å². The first kappa shape index (κ1) is 49.9. The van der Waals surface area contributed by atoms with Gasteiger partial charge in [-0.15, -0.1) is 0 Å². The fraction of sp³-hybridized carbons (Fsp3) is 0.581. The maximum absolute atomic E-state index is 12.5. The lowest BCUT2D eigenvalue weighted by atomic mass is 10.1. The van der Waals surface area contributed by atoms with Gasteiger partial charge in [0.25, 0.3) is 0 Å². The molecule has 10 heteroatoms. The summed E-state index contributed by atoms with van der Waals surface area (Å²) in [6, 6.07) is 0. The molecule has 0 aliphatic rings. The molecule has 0 aliphatic heterocycles. The molecule has 0 aromatic rings. The molecule has 0 fully saturated rings. The number of ether oxygens (including phenoxy) is 2. The van der Waals surface area contributed by atoms with Crippen molar-refractivity contribution in [2.75, 3.05) is 26.4 Å². The third-order valence-electron chi connectivity index (χ3n) is 7.47. The zero-order chi connectivity index (χ0) is 38.9. The maximum Gasteiger partial charge on any atom is 0.472 e. The van der Waals surface area contributed by atoms with Gasteiger partial charge in [0.1, 0.15) is 6.61 Å². The summed E-state index contributed by atoms with van der Waals surface area (Å²) < 4.78 is 32.6. The molecule has 1 unspecified atom stereocenters. The Balaban J connectivity index is 4.36. The van der Waals surface area contributed by atoms with E-state index in [-0.39, 0.29) is 32.6 Å². The Bertz CT molecular complexity index is 1180. The number of rotatable bonds is 35. The monoisotopic (exact) mass is 759 g/mol. The van der Waals surface area contributed by atoms with Crippen molar-refractivity contribution in [3.8, 4) is 0 Å². The molecule has 0 aromatic carbocycles. The molecule has 0 radical (unpaired) electrons. The number of allylic oxidation sites excluding steroid dienone is 16. The van der Waals surface area contributed by atoms with E-state index < -0.39 is 32.5 Å². The SMILES string of the molecule is CC/C=C/C/C=C/C/C=C/C/C=C/C/C=C/CCCC(=O)O[C@H](COC(=O)CCCCCCC/C=C/C/C=C/C/C=C/CC)COP(=O)(O)OCCN. The summed E-state index contributed by atoms with van der Waals surface area (Å²) in [5.74, 6) is -0.930. The van der Waals surface area contributed by atoms with Crippen LogP contribution in [0.5, 0.6) is 0 Å². The molecule has 2 atom stereocenters. The first-order chi connectivity index (χ1) is 25.8. The van der Waals surface area contributed by atoms with E-state index in [0.717, 1.165) is 83.5 Å². The van der Waals surface area contributed by atoms with Gasteiger partial charge in [0.05, 0.1) is 13.2 Å². The molecule has 53 heavy (non-hydrogen) atoms. The number of hydrogen-bond acceptors (Lipinski definition) is 8. The lowest BCUT2D eigenvalue weighted by Crippen LogP contribution is -2.29. The van der Waals surface area contributed by atoms with Crippen LogP contribution in [0, 0.1) is 0 Å². The third-order valence-corrected chi connectivity index (χ3v) is 8.45. The molecule has 0 bridgehead atoms. The van der Waals surface area contributed by atoms with Crippen LogP contribution in [-0.4, -0.2) is 49.3 Å². The maximum atomic E-state index is 12.5. The highest BCUT2D eigenvalue weighted by Gasteiger charge is 2.25. The van der Waals surface area contributed by atoms with E-state index in [1.807, 2.05) is 6.08 Å². The van der Waals surface area contributed by atoms with Crippen molar-refractivity contribution >= 4 is 19.8 Å². The molecule has 300 valence electrons. The largest absolute Gasteiger partial charge is 0.472 e. The van der Waals surface area contributed by atoms with Gasteiger partial charge in [0.2, 0.25) is 0 Å². The summed E-state index contributed by atoms with van der Waals surface area (Å²) in [5.41, 5.74) is 5.33. The number of unbranched alkanes of at least 4 members (excludes halogenated alkanes) is 6. The van der Waals surface area contributed by atoms with E-state index in [0.29, 0.717) is 19.3 Å². The highest BCUT2D eigenvalue weighted by Crippen LogP contribution is 2.43. The smallest absolute Gasteiger partial charge is 0.462 e. The number of esters is 2. The minimum Gasteiger partial charge on any atom is -0.462 e. The molecule has 0 heterocycles. The Morgan fingerprint density at radius 2 is 1.00 bits per heavy atom. The van der Waals surface area contributed by atoms with Crippen LogP contribution in [0.1, 0.15) is 129 Å². The van der Waals surface area contributed by atoms with Crippen LogP contribution in [0.2, 0.25) is 0 Å². The Labute approximate surface area is 321 Å². The minimum atomic E-state index is -4.40. The number of phosphoric ester groups is 1. The Morgan fingerprint density at radius 1 is 0.566 bits per heavy atom. The van der Waals surface area contributed by atoms with Crippen LogP contribution in [0.25, 0.3) is 0 Å². The standard InChI is InChI=1S/C43H70NO8P/c1-3-5-7-9-11-13-15-17-19-20-22-24-26-28-30-32-34-36-43(46)52-41(40-51-53(47,48)50-38-37-44)39-49-42(45)35-33-31-29-27-25-23-21-18-16-14-12-10-8-6-4-2/h5-8,11-14,17-19,21-22,24,28,30,41H,3-4,9-10,15-16,20,23,25-27,29,31-40,44H2,1-2H3,(H,47,48)/b7-5+,8-6+,13-11+,14-12+,19-17+,21-18+,24-22+,30-28+/t41-/m1/s1. The predicted molar refractivity (Wildman–Crippen MR) is 219 cm³/mol. The number of hydrogen-bond donors (Lipinski definition) is 2. The molecular formula is C43H70NO8P. The van der Waals surface area contributed by atoms with Gasteiger partial charge in [0.15, 0.2) is 6.10 Å². The summed E-state index contributed by atoms with van der Waals surface area (Å²) in [6.07, 6.45) is 48.7. The molecule has 0 spiro atoms. The average Bonchev–Trinajstić information content (AvgIpc) is 3.14. The van der Waals surface area contributed by atoms with Crippen LogP contribution in [0.4, 0.5) is 0 Å². The first-order valence-electron chi connectivity index (χ1n) is 19.7. The van der Waals surface area contributed by atoms with Gasteiger partial charge in [-0.2, -0.15) is 0 Å². The van der Waals surface area contributed by atoms with Crippen LogP contribution >= 0.6 is 7.82 Å². The number of carbonyl (C=O) groups excluding carboxylic acids is 2. The summed E-state index contributed by atoms with van der Waals surface area (Å²) in [4.78, 5) is 34.8. The quantitative estimate of drug-likeness (QED) is 0.0280. The summed E-state index contributed by atoms with van der Waals surface area (Å²) >= 11 is 0.